The van der Waals surface area contributed by atoms with E-state index in [0.717, 1.165) is 12.1 Å². The van der Waals surface area contributed by atoms with Gasteiger partial charge in [-0.05, 0) is 11.6 Å². The van der Waals surface area contributed by atoms with Crippen LogP contribution in [-0.2, 0) is 22.1 Å². The average molecular weight is 377 g/mol. The number of nitrogens with zero attached hydrogens (tertiary/aromatic N) is 1. The van der Waals surface area contributed by atoms with Gasteiger partial charge in [0.1, 0.15) is 0 Å². The fourth-order valence-corrected chi connectivity index (χ4v) is 3.02. The van der Waals surface area contributed by atoms with Crippen molar-refractivity contribution >= 4 is 11.7 Å². The van der Waals surface area contributed by atoms with Gasteiger partial charge in [-0.2, -0.15) is 13.2 Å². The Labute approximate surface area is 154 Å². The Morgan fingerprint density at radius 1 is 1.07 bits per heavy atom. The number of carbonyl (C=O) groups excluding carboxylic acids is 2. The maximum atomic E-state index is 12.8. The second-order valence-electron chi connectivity index (χ2n) is 6.34. The van der Waals surface area contributed by atoms with Crippen LogP contribution in [0.15, 0.2) is 54.6 Å². The average Bonchev–Trinajstić information content (AvgIpc) is 2.67. The molecule has 1 aliphatic rings. The van der Waals surface area contributed by atoms with Gasteiger partial charge >= 0.3 is 6.18 Å². The number of alkyl halides is 3. The summed E-state index contributed by atoms with van der Waals surface area (Å²) in [5, 5.41) is 0. The van der Waals surface area contributed by atoms with Crippen molar-refractivity contribution in [1.29, 1.82) is 0 Å². The first-order valence-corrected chi connectivity index (χ1v) is 8.51. The standard InChI is InChI=1S/C20H18F3NO3/c21-20(22,23)16-8-4-5-14(11-16)12-17-13-24(9-10-27-17)19(26)18(25)15-6-2-1-3-7-15/h1-8,11,17H,9-10,12-13H2/t17-/m1/s1. The van der Waals surface area contributed by atoms with Crippen LogP contribution in [0.5, 0.6) is 0 Å². The molecule has 0 aromatic heterocycles. The first-order chi connectivity index (χ1) is 12.8. The minimum Gasteiger partial charge on any atom is -0.374 e. The van der Waals surface area contributed by atoms with Gasteiger partial charge < -0.3 is 9.64 Å². The Balaban J connectivity index is 1.66. The van der Waals surface area contributed by atoms with Crippen LogP contribution in [0.1, 0.15) is 21.5 Å². The molecular weight excluding hydrogens is 359 g/mol. The summed E-state index contributed by atoms with van der Waals surface area (Å²) in [6.07, 6.45) is -4.64. The lowest BCUT2D eigenvalue weighted by atomic mass is 10.0. The molecule has 2 aromatic rings. The van der Waals surface area contributed by atoms with Crippen LogP contribution < -0.4 is 0 Å². The van der Waals surface area contributed by atoms with Gasteiger partial charge in [-0.3, -0.25) is 9.59 Å². The van der Waals surface area contributed by atoms with Crippen molar-refractivity contribution in [2.24, 2.45) is 0 Å². The molecule has 0 N–H and O–H groups in total. The maximum absolute atomic E-state index is 12.8. The number of hydrogen-bond acceptors (Lipinski definition) is 3. The molecule has 27 heavy (non-hydrogen) atoms. The molecule has 3 rings (SSSR count). The fraction of sp³-hybridized carbons (Fsp3) is 0.300. The first-order valence-electron chi connectivity index (χ1n) is 8.51. The molecule has 0 saturated carbocycles. The number of halogens is 3. The highest BCUT2D eigenvalue weighted by atomic mass is 19.4. The number of Topliss-reactive ketones (excluding diaryl/α,β-unsaturated/α-hetero) is 1. The normalized spacial score (nSPS) is 17.6. The van der Waals surface area contributed by atoms with Crippen LogP contribution in [-0.4, -0.2) is 42.4 Å². The number of rotatable bonds is 4. The van der Waals surface area contributed by atoms with Crippen molar-refractivity contribution in [3.63, 3.8) is 0 Å². The van der Waals surface area contributed by atoms with E-state index < -0.39 is 29.5 Å². The highest BCUT2D eigenvalue weighted by Gasteiger charge is 2.32. The number of morpholine rings is 1. The number of amides is 1. The molecule has 7 heteroatoms. The largest absolute Gasteiger partial charge is 0.416 e. The molecule has 0 aliphatic carbocycles. The smallest absolute Gasteiger partial charge is 0.374 e. The topological polar surface area (TPSA) is 46.6 Å². The highest BCUT2D eigenvalue weighted by Crippen LogP contribution is 2.30. The van der Waals surface area contributed by atoms with Gasteiger partial charge in [-0.15, -0.1) is 0 Å². The monoisotopic (exact) mass is 377 g/mol. The summed E-state index contributed by atoms with van der Waals surface area (Å²) >= 11 is 0. The lowest BCUT2D eigenvalue weighted by Gasteiger charge is -2.32. The molecule has 142 valence electrons. The molecule has 0 unspecified atom stereocenters. The Morgan fingerprint density at radius 2 is 1.81 bits per heavy atom. The first kappa shape index (κ1) is 19.1. The lowest BCUT2D eigenvalue weighted by Crippen LogP contribution is -2.48. The van der Waals surface area contributed by atoms with Gasteiger partial charge in [0, 0.05) is 25.1 Å². The molecule has 1 heterocycles. The third kappa shape index (κ3) is 4.74. The van der Waals surface area contributed by atoms with E-state index in [1.165, 1.54) is 11.0 Å². The third-order valence-electron chi connectivity index (χ3n) is 4.37. The Morgan fingerprint density at radius 3 is 2.52 bits per heavy atom. The molecule has 0 bridgehead atoms. The Hall–Kier alpha value is -2.67. The summed E-state index contributed by atoms with van der Waals surface area (Å²) in [5.74, 6) is -1.23. The van der Waals surface area contributed by atoms with Gasteiger partial charge in [0.25, 0.3) is 5.91 Å². The van der Waals surface area contributed by atoms with Gasteiger partial charge in [0.15, 0.2) is 0 Å². The second-order valence-corrected chi connectivity index (χ2v) is 6.34. The summed E-state index contributed by atoms with van der Waals surface area (Å²) in [6.45, 7) is 0.668. The molecule has 1 fully saturated rings. The molecule has 1 atom stereocenters. The van der Waals surface area contributed by atoms with E-state index in [9.17, 15) is 22.8 Å². The molecule has 4 nitrogen and oxygen atoms in total. The number of benzene rings is 2. The Kier molecular flexibility index (Phi) is 5.60. The van der Waals surface area contributed by atoms with E-state index in [-0.39, 0.29) is 26.1 Å². The minimum absolute atomic E-state index is 0.160. The Bertz CT molecular complexity index is 821. The van der Waals surface area contributed by atoms with E-state index >= 15 is 0 Å². The van der Waals surface area contributed by atoms with Crippen LogP contribution in [0.4, 0.5) is 13.2 Å². The summed E-state index contributed by atoms with van der Waals surface area (Å²) in [5.41, 5.74) is 0.0601. The summed E-state index contributed by atoms with van der Waals surface area (Å²) < 4.78 is 44.1. The lowest BCUT2D eigenvalue weighted by molar-refractivity contribution is -0.137. The number of ether oxygens (including phenoxy) is 1. The van der Waals surface area contributed by atoms with Crippen molar-refractivity contribution in [2.75, 3.05) is 19.7 Å². The molecule has 0 radical (unpaired) electrons. The minimum atomic E-state index is -4.41. The van der Waals surface area contributed by atoms with E-state index in [2.05, 4.69) is 0 Å². The predicted molar refractivity (Wildman–Crippen MR) is 92.2 cm³/mol. The molecule has 1 saturated heterocycles. The zero-order valence-corrected chi connectivity index (χ0v) is 14.4. The van der Waals surface area contributed by atoms with Gasteiger partial charge in [-0.1, -0.05) is 48.5 Å². The van der Waals surface area contributed by atoms with Crippen molar-refractivity contribution in [2.45, 2.75) is 18.7 Å². The second kappa shape index (κ2) is 7.92. The molecule has 1 amide bonds. The molecule has 0 spiro atoms. The van der Waals surface area contributed by atoms with Crippen molar-refractivity contribution in [3.8, 4) is 0 Å². The number of ketones is 1. The SMILES string of the molecule is O=C(C(=O)N1CCO[C@H](Cc2cccc(C(F)(F)F)c2)C1)c1ccccc1. The summed E-state index contributed by atoms with van der Waals surface area (Å²) in [6, 6.07) is 13.3. The molecule has 1 aliphatic heterocycles. The van der Waals surface area contributed by atoms with Crippen LogP contribution in [0.3, 0.4) is 0 Å². The summed E-state index contributed by atoms with van der Waals surface area (Å²) in [4.78, 5) is 26.2. The van der Waals surface area contributed by atoms with Crippen molar-refractivity contribution < 1.29 is 27.5 Å². The summed E-state index contributed by atoms with van der Waals surface area (Å²) in [7, 11) is 0. The fourth-order valence-electron chi connectivity index (χ4n) is 3.02. The van der Waals surface area contributed by atoms with E-state index in [1.807, 2.05) is 0 Å². The zero-order valence-electron chi connectivity index (χ0n) is 14.4. The van der Waals surface area contributed by atoms with E-state index in [0.29, 0.717) is 11.1 Å². The van der Waals surface area contributed by atoms with Crippen LogP contribution >= 0.6 is 0 Å². The van der Waals surface area contributed by atoms with Gasteiger partial charge in [0.2, 0.25) is 5.78 Å². The highest BCUT2D eigenvalue weighted by molar-refractivity contribution is 6.42. The van der Waals surface area contributed by atoms with E-state index in [4.69, 9.17) is 4.74 Å². The zero-order chi connectivity index (χ0) is 19.4. The predicted octanol–water partition coefficient (Wildman–Crippen LogP) is 3.36. The van der Waals surface area contributed by atoms with Crippen LogP contribution in [0.2, 0.25) is 0 Å². The quantitative estimate of drug-likeness (QED) is 0.606. The maximum Gasteiger partial charge on any atom is 0.416 e. The number of hydrogen-bond donors (Lipinski definition) is 0. The van der Waals surface area contributed by atoms with Gasteiger partial charge in [0.05, 0.1) is 18.3 Å². The van der Waals surface area contributed by atoms with Crippen molar-refractivity contribution in [3.05, 3.63) is 71.3 Å². The number of carbonyl (C=O) groups is 2. The van der Waals surface area contributed by atoms with Gasteiger partial charge in [-0.25, -0.2) is 0 Å². The third-order valence-corrected chi connectivity index (χ3v) is 4.37. The van der Waals surface area contributed by atoms with Crippen LogP contribution in [0, 0.1) is 0 Å². The molecular formula is C20H18F3NO3. The van der Waals surface area contributed by atoms with Crippen molar-refractivity contribution in [1.82, 2.24) is 4.90 Å². The van der Waals surface area contributed by atoms with Crippen LogP contribution in [0.25, 0.3) is 0 Å². The van der Waals surface area contributed by atoms with E-state index in [1.54, 1.807) is 36.4 Å². The molecule has 2 aromatic carbocycles.